The summed E-state index contributed by atoms with van der Waals surface area (Å²) in [6.07, 6.45) is 7.40. The van der Waals surface area contributed by atoms with Crippen molar-refractivity contribution in [3.63, 3.8) is 0 Å². The Balaban J connectivity index is 2.24. The van der Waals surface area contributed by atoms with Crippen LogP contribution in [0.2, 0.25) is 0 Å². The predicted octanol–water partition coefficient (Wildman–Crippen LogP) is 3.53. The van der Waals surface area contributed by atoms with Crippen LogP contribution in [0.1, 0.15) is 43.2 Å². The van der Waals surface area contributed by atoms with Crippen molar-refractivity contribution in [2.24, 2.45) is 0 Å². The average Bonchev–Trinajstić information content (AvgIpc) is 2.47. The normalized spacial score (nSPS) is 19.7. The fourth-order valence-electron chi connectivity index (χ4n) is 3.94. The molecule has 1 aromatic rings. The molecule has 0 heterocycles. The summed E-state index contributed by atoms with van der Waals surface area (Å²) in [5.74, 6) is -0.141. The highest BCUT2D eigenvalue weighted by Gasteiger charge is 2.40. The number of rotatable bonds is 5. The van der Waals surface area contributed by atoms with E-state index >= 15 is 0 Å². The monoisotopic (exact) mass is 292 g/mol. The number of aryl methyl sites for hydroxylation is 1. The molecule has 1 fully saturated rings. The highest BCUT2D eigenvalue weighted by Crippen LogP contribution is 2.36. The molecule has 0 aliphatic heterocycles. The van der Waals surface area contributed by atoms with E-state index in [1.165, 1.54) is 37.7 Å². The van der Waals surface area contributed by atoms with Gasteiger partial charge in [0.25, 0.3) is 0 Å². The fourth-order valence-corrected chi connectivity index (χ4v) is 3.94. The Morgan fingerprint density at radius 2 is 1.90 bits per heavy atom. The molecule has 1 saturated carbocycles. The summed E-state index contributed by atoms with van der Waals surface area (Å²) in [6.45, 7) is 2.01. The summed E-state index contributed by atoms with van der Waals surface area (Å²) >= 11 is 0. The van der Waals surface area contributed by atoms with E-state index < -0.39 is 0 Å². The summed E-state index contributed by atoms with van der Waals surface area (Å²) in [5, 5.41) is 3.55. The molecule has 1 atom stereocenters. The van der Waals surface area contributed by atoms with Gasteiger partial charge in [0.15, 0.2) is 0 Å². The Morgan fingerprint density at radius 1 is 1.24 bits per heavy atom. The first-order valence-corrected chi connectivity index (χ1v) is 8.09. The molecule has 118 valence electrons. The van der Waals surface area contributed by atoms with Gasteiger partial charge in [-0.3, -0.25) is 0 Å². The number of hydrogen-bond acceptors (Lipinski definition) is 2. The van der Waals surface area contributed by atoms with Gasteiger partial charge in [-0.15, -0.1) is 0 Å². The lowest BCUT2D eigenvalue weighted by molar-refractivity contribution is 0.0598. The molecule has 0 aromatic heterocycles. The van der Waals surface area contributed by atoms with Gasteiger partial charge in [-0.2, -0.15) is 0 Å². The van der Waals surface area contributed by atoms with E-state index in [-0.39, 0.29) is 11.4 Å². The molecular formula is C18H29FN2. The van der Waals surface area contributed by atoms with E-state index in [0.29, 0.717) is 6.04 Å². The molecule has 1 aliphatic rings. The first kappa shape index (κ1) is 16.4. The largest absolute Gasteiger partial charge is 0.315 e. The molecule has 21 heavy (non-hydrogen) atoms. The third-order valence-electron chi connectivity index (χ3n) is 5.34. The molecule has 2 nitrogen and oxygen atoms in total. The Labute approximate surface area is 128 Å². The van der Waals surface area contributed by atoms with Gasteiger partial charge in [0, 0.05) is 11.6 Å². The highest BCUT2D eigenvalue weighted by atomic mass is 19.1. The molecule has 1 unspecified atom stereocenters. The summed E-state index contributed by atoms with van der Waals surface area (Å²) in [4.78, 5) is 2.41. The first-order valence-electron chi connectivity index (χ1n) is 8.09. The predicted molar refractivity (Wildman–Crippen MR) is 87.2 cm³/mol. The summed E-state index contributed by atoms with van der Waals surface area (Å²) < 4.78 is 13.3. The number of halogens is 1. The molecule has 1 aromatic carbocycles. The van der Waals surface area contributed by atoms with Gasteiger partial charge in [-0.05, 0) is 70.6 Å². The molecule has 2 rings (SSSR count). The zero-order valence-electron chi connectivity index (χ0n) is 13.9. The zero-order chi connectivity index (χ0) is 15.5. The van der Waals surface area contributed by atoms with Crippen LogP contribution in [0, 0.1) is 12.7 Å². The van der Waals surface area contributed by atoms with Crippen LogP contribution in [-0.2, 0) is 6.42 Å². The third-order valence-corrected chi connectivity index (χ3v) is 5.34. The molecule has 0 spiro atoms. The van der Waals surface area contributed by atoms with Crippen LogP contribution < -0.4 is 5.32 Å². The van der Waals surface area contributed by atoms with Gasteiger partial charge < -0.3 is 10.2 Å². The zero-order valence-corrected chi connectivity index (χ0v) is 13.9. The maximum atomic E-state index is 13.3. The number of hydrogen-bond donors (Lipinski definition) is 1. The third kappa shape index (κ3) is 3.46. The Bertz CT molecular complexity index is 464. The number of likely N-dealkylation sites (N-methyl/N-ethyl adjacent to an activating group) is 2. The van der Waals surface area contributed by atoms with Crippen LogP contribution in [0.4, 0.5) is 4.39 Å². The lowest BCUT2D eigenvalue weighted by Crippen LogP contribution is -2.60. The molecular weight excluding hydrogens is 263 g/mol. The standard InChI is InChI=1S/C18H29FN2/c1-14-12-16(19)9-8-15(14)13-17(20-2)18(21(3)4)10-6-5-7-11-18/h8-9,12,17,20H,5-7,10-11,13H2,1-4H3. The van der Waals surface area contributed by atoms with E-state index in [2.05, 4.69) is 31.4 Å². The van der Waals surface area contributed by atoms with Crippen molar-refractivity contribution in [3.8, 4) is 0 Å². The van der Waals surface area contributed by atoms with Crippen molar-refractivity contribution in [1.29, 1.82) is 0 Å². The molecule has 0 radical (unpaired) electrons. The minimum atomic E-state index is -0.141. The van der Waals surface area contributed by atoms with E-state index in [1.807, 2.05) is 13.0 Å². The molecule has 0 saturated heterocycles. The quantitative estimate of drug-likeness (QED) is 0.893. The molecule has 0 bridgehead atoms. The van der Waals surface area contributed by atoms with Crippen LogP contribution in [0.25, 0.3) is 0 Å². The average molecular weight is 292 g/mol. The van der Waals surface area contributed by atoms with Gasteiger partial charge in [-0.1, -0.05) is 25.3 Å². The van der Waals surface area contributed by atoms with E-state index in [0.717, 1.165) is 12.0 Å². The summed E-state index contributed by atoms with van der Waals surface area (Å²) in [6, 6.07) is 5.57. The topological polar surface area (TPSA) is 15.3 Å². The molecule has 3 heteroatoms. The maximum Gasteiger partial charge on any atom is 0.123 e. The minimum absolute atomic E-state index is 0.141. The second kappa shape index (κ2) is 6.89. The van der Waals surface area contributed by atoms with Crippen LogP contribution in [0.15, 0.2) is 18.2 Å². The summed E-state index contributed by atoms with van der Waals surface area (Å²) in [7, 11) is 6.46. The van der Waals surface area contributed by atoms with Gasteiger partial charge in [0.1, 0.15) is 5.82 Å². The first-order chi connectivity index (χ1) is 9.99. The van der Waals surface area contributed by atoms with Gasteiger partial charge >= 0.3 is 0 Å². The Kier molecular flexibility index (Phi) is 5.39. The minimum Gasteiger partial charge on any atom is -0.315 e. The highest BCUT2D eigenvalue weighted by molar-refractivity contribution is 5.28. The lowest BCUT2D eigenvalue weighted by atomic mass is 9.73. The summed E-state index contributed by atoms with van der Waals surface area (Å²) in [5.41, 5.74) is 2.52. The smallest absolute Gasteiger partial charge is 0.123 e. The Morgan fingerprint density at radius 3 is 2.43 bits per heavy atom. The molecule has 0 amide bonds. The van der Waals surface area contributed by atoms with E-state index in [9.17, 15) is 4.39 Å². The number of nitrogens with one attached hydrogen (secondary N) is 1. The number of benzene rings is 1. The van der Waals surface area contributed by atoms with Crippen LogP contribution in [0.5, 0.6) is 0 Å². The van der Waals surface area contributed by atoms with Crippen molar-refractivity contribution < 1.29 is 4.39 Å². The van der Waals surface area contributed by atoms with Crippen molar-refractivity contribution in [2.45, 2.75) is 57.0 Å². The second-order valence-corrected chi connectivity index (χ2v) is 6.67. The van der Waals surface area contributed by atoms with E-state index in [1.54, 1.807) is 12.1 Å². The van der Waals surface area contributed by atoms with E-state index in [4.69, 9.17) is 0 Å². The van der Waals surface area contributed by atoms with Gasteiger partial charge in [-0.25, -0.2) is 4.39 Å². The maximum absolute atomic E-state index is 13.3. The SMILES string of the molecule is CNC(Cc1ccc(F)cc1C)C1(N(C)C)CCCCC1. The van der Waals surface area contributed by atoms with Crippen LogP contribution in [0.3, 0.4) is 0 Å². The fraction of sp³-hybridized carbons (Fsp3) is 0.667. The van der Waals surface area contributed by atoms with Crippen LogP contribution in [-0.4, -0.2) is 37.6 Å². The van der Waals surface area contributed by atoms with Crippen molar-refractivity contribution in [3.05, 3.63) is 35.1 Å². The second-order valence-electron chi connectivity index (χ2n) is 6.67. The van der Waals surface area contributed by atoms with Gasteiger partial charge in [0.05, 0.1) is 0 Å². The lowest BCUT2D eigenvalue weighted by Gasteiger charge is -2.48. The van der Waals surface area contributed by atoms with Crippen LogP contribution >= 0.6 is 0 Å². The van der Waals surface area contributed by atoms with Crippen molar-refractivity contribution in [2.75, 3.05) is 21.1 Å². The molecule has 1 aliphatic carbocycles. The van der Waals surface area contributed by atoms with Crippen molar-refractivity contribution in [1.82, 2.24) is 10.2 Å². The van der Waals surface area contributed by atoms with Crippen molar-refractivity contribution >= 4 is 0 Å². The Hall–Kier alpha value is -0.930. The number of nitrogens with zero attached hydrogens (tertiary/aromatic N) is 1. The molecule has 1 N–H and O–H groups in total. The van der Waals surface area contributed by atoms with Gasteiger partial charge in [0.2, 0.25) is 0 Å².